The number of hydrogen-bond donors (Lipinski definition) is 2. The highest BCUT2D eigenvalue weighted by Crippen LogP contribution is 2.33. The van der Waals surface area contributed by atoms with E-state index in [2.05, 4.69) is 33.1 Å². The third-order valence-electron chi connectivity index (χ3n) is 4.50. The summed E-state index contributed by atoms with van der Waals surface area (Å²) in [4.78, 5) is 15.0. The topological polar surface area (TPSA) is 58.4 Å². The standard InChI is InChI=1S/C19H22BrN3O/c1-13-6-4-5-11-23(13)18-10-9-14(21)12-17(18)22-19(24)15-7-2-3-8-16(15)20/h2-3,7-10,12-13H,4-6,11,21H2,1H3,(H,22,24)/t13-/m0/s1. The van der Waals surface area contributed by atoms with Crippen LogP contribution in [0.1, 0.15) is 36.5 Å². The first-order valence-electron chi connectivity index (χ1n) is 8.28. The Kier molecular flexibility index (Phi) is 5.09. The largest absolute Gasteiger partial charge is 0.399 e. The van der Waals surface area contributed by atoms with Crippen LogP contribution >= 0.6 is 15.9 Å². The number of nitrogens with zero attached hydrogens (tertiary/aromatic N) is 1. The molecule has 1 aliphatic rings. The van der Waals surface area contributed by atoms with Crippen LogP contribution in [0, 0.1) is 0 Å². The van der Waals surface area contributed by atoms with Gasteiger partial charge in [0, 0.05) is 22.7 Å². The monoisotopic (exact) mass is 387 g/mol. The van der Waals surface area contributed by atoms with E-state index in [1.807, 2.05) is 36.4 Å². The third-order valence-corrected chi connectivity index (χ3v) is 5.19. The molecule has 0 radical (unpaired) electrons. The van der Waals surface area contributed by atoms with Crippen molar-refractivity contribution in [3.05, 3.63) is 52.5 Å². The zero-order valence-corrected chi connectivity index (χ0v) is 15.3. The van der Waals surface area contributed by atoms with E-state index in [0.717, 1.165) is 22.4 Å². The molecule has 1 fully saturated rings. The van der Waals surface area contributed by atoms with E-state index >= 15 is 0 Å². The van der Waals surface area contributed by atoms with Gasteiger partial charge in [0.05, 0.1) is 16.9 Å². The molecule has 1 aliphatic heterocycles. The molecule has 4 nitrogen and oxygen atoms in total. The molecule has 5 heteroatoms. The molecule has 24 heavy (non-hydrogen) atoms. The number of halogens is 1. The normalized spacial score (nSPS) is 17.6. The molecule has 0 aromatic heterocycles. The van der Waals surface area contributed by atoms with Crippen molar-refractivity contribution in [3.8, 4) is 0 Å². The molecule has 2 aromatic carbocycles. The lowest BCUT2D eigenvalue weighted by Crippen LogP contribution is -2.38. The summed E-state index contributed by atoms with van der Waals surface area (Å²) in [6.45, 7) is 3.23. The van der Waals surface area contributed by atoms with E-state index in [1.165, 1.54) is 19.3 Å². The minimum absolute atomic E-state index is 0.140. The fraction of sp³-hybridized carbons (Fsp3) is 0.316. The second-order valence-electron chi connectivity index (χ2n) is 6.25. The number of rotatable bonds is 3. The Morgan fingerprint density at radius 3 is 2.79 bits per heavy atom. The molecule has 126 valence electrons. The van der Waals surface area contributed by atoms with E-state index in [9.17, 15) is 4.79 Å². The second kappa shape index (κ2) is 7.26. The van der Waals surface area contributed by atoms with E-state index < -0.39 is 0 Å². The summed E-state index contributed by atoms with van der Waals surface area (Å²) in [7, 11) is 0. The summed E-state index contributed by atoms with van der Waals surface area (Å²) < 4.78 is 0.777. The van der Waals surface area contributed by atoms with Gasteiger partial charge in [0.1, 0.15) is 0 Å². The molecule has 3 N–H and O–H groups in total. The van der Waals surface area contributed by atoms with Gasteiger partial charge in [-0.1, -0.05) is 12.1 Å². The van der Waals surface area contributed by atoms with Crippen LogP contribution in [-0.2, 0) is 0 Å². The first-order valence-corrected chi connectivity index (χ1v) is 9.07. The van der Waals surface area contributed by atoms with Crippen molar-refractivity contribution >= 4 is 38.9 Å². The summed E-state index contributed by atoms with van der Waals surface area (Å²) in [5, 5.41) is 3.04. The highest BCUT2D eigenvalue weighted by Gasteiger charge is 2.22. The number of amides is 1. The quantitative estimate of drug-likeness (QED) is 0.752. The van der Waals surface area contributed by atoms with Crippen LogP contribution in [-0.4, -0.2) is 18.5 Å². The van der Waals surface area contributed by atoms with Gasteiger partial charge < -0.3 is 16.0 Å². The Morgan fingerprint density at radius 1 is 1.25 bits per heavy atom. The molecule has 1 atom stereocenters. The van der Waals surface area contributed by atoms with Crippen LogP contribution in [0.2, 0.25) is 0 Å². The van der Waals surface area contributed by atoms with Gasteiger partial charge >= 0.3 is 0 Å². The van der Waals surface area contributed by atoms with E-state index in [1.54, 1.807) is 6.07 Å². The lowest BCUT2D eigenvalue weighted by molar-refractivity contribution is 0.102. The van der Waals surface area contributed by atoms with Crippen molar-refractivity contribution in [2.45, 2.75) is 32.2 Å². The maximum atomic E-state index is 12.7. The predicted octanol–water partition coefficient (Wildman–Crippen LogP) is 4.66. The predicted molar refractivity (Wildman–Crippen MR) is 104 cm³/mol. The number of piperidine rings is 1. The molecule has 0 aliphatic carbocycles. The highest BCUT2D eigenvalue weighted by atomic mass is 79.9. The SMILES string of the molecule is C[C@H]1CCCCN1c1ccc(N)cc1NC(=O)c1ccccc1Br. The zero-order valence-electron chi connectivity index (χ0n) is 13.8. The fourth-order valence-electron chi connectivity index (χ4n) is 3.20. The van der Waals surface area contributed by atoms with Crippen molar-refractivity contribution in [3.63, 3.8) is 0 Å². The minimum Gasteiger partial charge on any atom is -0.399 e. The van der Waals surface area contributed by atoms with E-state index in [0.29, 0.717) is 17.3 Å². The van der Waals surface area contributed by atoms with Gasteiger partial charge in [0.25, 0.3) is 5.91 Å². The van der Waals surface area contributed by atoms with Crippen molar-refractivity contribution in [2.75, 3.05) is 22.5 Å². The number of nitrogens with one attached hydrogen (secondary N) is 1. The fourth-order valence-corrected chi connectivity index (χ4v) is 3.66. The zero-order chi connectivity index (χ0) is 17.1. The number of hydrogen-bond acceptors (Lipinski definition) is 3. The maximum absolute atomic E-state index is 12.7. The Balaban J connectivity index is 1.91. The molecule has 0 saturated carbocycles. The minimum atomic E-state index is -0.140. The smallest absolute Gasteiger partial charge is 0.256 e. The molecule has 1 amide bonds. The molecule has 0 unspecified atom stereocenters. The first kappa shape index (κ1) is 16.8. The van der Waals surface area contributed by atoms with Crippen LogP contribution < -0.4 is 16.0 Å². The Hall–Kier alpha value is -2.01. The van der Waals surface area contributed by atoms with Crippen molar-refractivity contribution in [1.29, 1.82) is 0 Å². The van der Waals surface area contributed by atoms with Crippen molar-refractivity contribution < 1.29 is 4.79 Å². The van der Waals surface area contributed by atoms with Gasteiger partial charge in [0.2, 0.25) is 0 Å². The molecule has 1 heterocycles. The molecular formula is C19H22BrN3O. The molecule has 0 bridgehead atoms. The lowest BCUT2D eigenvalue weighted by atomic mass is 10.0. The molecule has 1 saturated heterocycles. The Morgan fingerprint density at radius 2 is 2.04 bits per heavy atom. The number of nitrogens with two attached hydrogens (primary N) is 1. The number of nitrogen functional groups attached to an aromatic ring is 1. The summed E-state index contributed by atoms with van der Waals surface area (Å²) in [5.74, 6) is -0.140. The van der Waals surface area contributed by atoms with Gasteiger partial charge in [-0.25, -0.2) is 0 Å². The average molecular weight is 388 g/mol. The first-order chi connectivity index (χ1) is 11.6. The third kappa shape index (κ3) is 3.56. The highest BCUT2D eigenvalue weighted by molar-refractivity contribution is 9.10. The Labute approximate surface area is 151 Å². The van der Waals surface area contributed by atoms with E-state index in [4.69, 9.17) is 5.73 Å². The summed E-state index contributed by atoms with van der Waals surface area (Å²) in [6, 6.07) is 13.6. The van der Waals surface area contributed by atoms with E-state index in [-0.39, 0.29) is 5.91 Å². The summed E-state index contributed by atoms with van der Waals surface area (Å²) in [5.41, 5.74) is 9.02. The number of anilines is 3. The second-order valence-corrected chi connectivity index (χ2v) is 7.10. The summed E-state index contributed by atoms with van der Waals surface area (Å²) >= 11 is 3.43. The number of carbonyl (C=O) groups is 1. The maximum Gasteiger partial charge on any atom is 0.256 e. The molecular weight excluding hydrogens is 366 g/mol. The molecule has 2 aromatic rings. The number of benzene rings is 2. The van der Waals surface area contributed by atoms with Crippen molar-refractivity contribution in [1.82, 2.24) is 0 Å². The van der Waals surface area contributed by atoms with Gasteiger partial charge in [-0.2, -0.15) is 0 Å². The lowest BCUT2D eigenvalue weighted by Gasteiger charge is -2.36. The summed E-state index contributed by atoms with van der Waals surface area (Å²) in [6.07, 6.45) is 3.60. The Bertz CT molecular complexity index is 747. The van der Waals surface area contributed by atoms with Crippen LogP contribution in [0.15, 0.2) is 46.9 Å². The van der Waals surface area contributed by atoms with Crippen LogP contribution in [0.4, 0.5) is 17.1 Å². The van der Waals surface area contributed by atoms with Crippen molar-refractivity contribution in [2.24, 2.45) is 0 Å². The molecule has 3 rings (SSSR count). The van der Waals surface area contributed by atoms with Gasteiger partial charge in [0.15, 0.2) is 0 Å². The van der Waals surface area contributed by atoms with Crippen LogP contribution in [0.25, 0.3) is 0 Å². The average Bonchev–Trinajstić information content (AvgIpc) is 2.56. The van der Waals surface area contributed by atoms with Gasteiger partial charge in [-0.05, 0) is 72.4 Å². The van der Waals surface area contributed by atoms with Gasteiger partial charge in [-0.15, -0.1) is 0 Å². The van der Waals surface area contributed by atoms with Gasteiger partial charge in [-0.3, -0.25) is 4.79 Å². The molecule has 0 spiro atoms. The van der Waals surface area contributed by atoms with Crippen LogP contribution in [0.3, 0.4) is 0 Å². The van der Waals surface area contributed by atoms with Crippen LogP contribution in [0.5, 0.6) is 0 Å². The number of carbonyl (C=O) groups excluding carboxylic acids is 1.